The highest BCUT2D eigenvalue weighted by molar-refractivity contribution is 5.69. The number of aliphatic hydroxyl groups excluding tert-OH is 1. The lowest BCUT2D eigenvalue weighted by atomic mass is 10.1. The van der Waals surface area contributed by atoms with E-state index in [0.29, 0.717) is 25.3 Å². The highest BCUT2D eigenvalue weighted by Crippen LogP contribution is 2.26. The number of anilines is 2. The zero-order valence-corrected chi connectivity index (χ0v) is 14.4. The fourth-order valence-corrected chi connectivity index (χ4v) is 2.81. The Morgan fingerprint density at radius 3 is 2.65 bits per heavy atom. The topological polar surface area (TPSA) is 79.0 Å². The Labute approximate surface area is 137 Å². The average Bonchev–Trinajstić information content (AvgIpc) is 2.44. The first kappa shape index (κ1) is 17.4. The fourth-order valence-electron chi connectivity index (χ4n) is 2.81. The van der Waals surface area contributed by atoms with E-state index in [4.69, 9.17) is 10.5 Å². The first-order valence-electron chi connectivity index (χ1n) is 7.95. The van der Waals surface area contributed by atoms with E-state index in [9.17, 15) is 9.90 Å². The molecule has 1 fully saturated rings. The minimum absolute atomic E-state index is 0.0303. The normalized spacial score (nSPS) is 18.9. The SMILES string of the molecule is CC1CN(c2ccc(N)cc2CO)CCN1C(=O)OC(C)(C)C. The van der Waals surface area contributed by atoms with Crippen LogP contribution in [-0.4, -0.2) is 47.4 Å². The number of carbonyl (C=O) groups excluding carboxylic acids is 1. The van der Waals surface area contributed by atoms with Gasteiger partial charge in [-0.25, -0.2) is 4.79 Å². The monoisotopic (exact) mass is 321 g/mol. The number of hydrogen-bond donors (Lipinski definition) is 2. The van der Waals surface area contributed by atoms with Gasteiger partial charge in [0.1, 0.15) is 5.60 Å². The van der Waals surface area contributed by atoms with Gasteiger partial charge in [0.05, 0.1) is 6.61 Å². The van der Waals surface area contributed by atoms with Gasteiger partial charge in [-0.2, -0.15) is 0 Å². The lowest BCUT2D eigenvalue weighted by Crippen LogP contribution is -2.55. The maximum absolute atomic E-state index is 12.3. The predicted molar refractivity (Wildman–Crippen MR) is 91.4 cm³/mol. The maximum atomic E-state index is 12.3. The van der Waals surface area contributed by atoms with Gasteiger partial charge in [-0.1, -0.05) is 0 Å². The number of amides is 1. The second-order valence-corrected chi connectivity index (χ2v) is 7.02. The van der Waals surface area contributed by atoms with Crippen molar-refractivity contribution in [2.75, 3.05) is 30.3 Å². The molecule has 0 spiro atoms. The Morgan fingerprint density at radius 2 is 2.09 bits per heavy atom. The quantitative estimate of drug-likeness (QED) is 0.817. The number of nitrogens with zero attached hydrogens (tertiary/aromatic N) is 2. The second kappa shape index (κ2) is 6.66. The van der Waals surface area contributed by atoms with Crippen molar-refractivity contribution in [3.05, 3.63) is 23.8 Å². The molecule has 1 aliphatic heterocycles. The summed E-state index contributed by atoms with van der Waals surface area (Å²) in [7, 11) is 0. The number of nitrogens with two attached hydrogens (primary N) is 1. The van der Waals surface area contributed by atoms with Gasteiger partial charge in [0.15, 0.2) is 0 Å². The number of hydrogen-bond acceptors (Lipinski definition) is 5. The third-order valence-corrected chi connectivity index (χ3v) is 3.87. The van der Waals surface area contributed by atoms with Crippen LogP contribution in [0, 0.1) is 0 Å². The second-order valence-electron chi connectivity index (χ2n) is 7.02. The number of piperazine rings is 1. The molecule has 1 atom stereocenters. The standard InChI is InChI=1S/C17H27N3O3/c1-12-10-19(15-6-5-14(18)9-13(15)11-21)7-8-20(12)16(22)23-17(2,3)4/h5-6,9,12,21H,7-8,10-11,18H2,1-4H3. The molecule has 0 saturated carbocycles. The molecule has 2 rings (SSSR count). The van der Waals surface area contributed by atoms with Crippen LogP contribution in [0.3, 0.4) is 0 Å². The zero-order valence-electron chi connectivity index (χ0n) is 14.4. The number of benzene rings is 1. The van der Waals surface area contributed by atoms with Gasteiger partial charge in [-0.05, 0) is 45.9 Å². The van der Waals surface area contributed by atoms with Gasteiger partial charge in [0, 0.05) is 42.6 Å². The first-order valence-corrected chi connectivity index (χ1v) is 7.95. The van der Waals surface area contributed by atoms with Crippen LogP contribution in [-0.2, 0) is 11.3 Å². The summed E-state index contributed by atoms with van der Waals surface area (Å²) in [6, 6.07) is 5.58. The summed E-state index contributed by atoms with van der Waals surface area (Å²) in [6.45, 7) is 9.53. The average molecular weight is 321 g/mol. The van der Waals surface area contributed by atoms with Crippen LogP contribution in [0.4, 0.5) is 16.2 Å². The third-order valence-electron chi connectivity index (χ3n) is 3.87. The molecule has 128 valence electrons. The van der Waals surface area contributed by atoms with Gasteiger partial charge in [0.25, 0.3) is 0 Å². The van der Waals surface area contributed by atoms with Crippen molar-refractivity contribution in [2.24, 2.45) is 0 Å². The molecule has 1 amide bonds. The summed E-state index contributed by atoms with van der Waals surface area (Å²) in [4.78, 5) is 16.2. The van der Waals surface area contributed by atoms with Crippen LogP contribution < -0.4 is 10.6 Å². The molecule has 6 nitrogen and oxygen atoms in total. The third kappa shape index (κ3) is 4.28. The molecule has 3 N–H and O–H groups in total. The summed E-state index contributed by atoms with van der Waals surface area (Å²) in [5.41, 5.74) is 7.71. The maximum Gasteiger partial charge on any atom is 0.410 e. The van der Waals surface area contributed by atoms with Gasteiger partial charge >= 0.3 is 6.09 Å². The lowest BCUT2D eigenvalue weighted by Gasteiger charge is -2.41. The molecule has 23 heavy (non-hydrogen) atoms. The predicted octanol–water partition coefficient (Wildman–Crippen LogP) is 2.21. The molecular weight excluding hydrogens is 294 g/mol. The Balaban J connectivity index is 2.08. The van der Waals surface area contributed by atoms with Gasteiger partial charge in [-0.15, -0.1) is 0 Å². The van der Waals surface area contributed by atoms with E-state index in [1.165, 1.54) is 0 Å². The van der Waals surface area contributed by atoms with E-state index < -0.39 is 5.60 Å². The summed E-state index contributed by atoms with van der Waals surface area (Å²) in [5, 5.41) is 9.54. The van der Waals surface area contributed by atoms with Crippen molar-refractivity contribution in [3.8, 4) is 0 Å². The molecule has 0 aliphatic carbocycles. The summed E-state index contributed by atoms with van der Waals surface area (Å²) < 4.78 is 5.46. The van der Waals surface area contributed by atoms with Gasteiger partial charge < -0.3 is 25.4 Å². The molecule has 0 bridgehead atoms. The lowest BCUT2D eigenvalue weighted by molar-refractivity contribution is 0.0159. The summed E-state index contributed by atoms with van der Waals surface area (Å²) in [5.74, 6) is 0. The Kier molecular flexibility index (Phi) is 5.04. The molecule has 1 aliphatic rings. The number of carbonyl (C=O) groups is 1. The Hall–Kier alpha value is -1.95. The molecule has 6 heteroatoms. The first-order chi connectivity index (χ1) is 10.7. The number of aliphatic hydroxyl groups is 1. The molecule has 0 radical (unpaired) electrons. The van der Waals surface area contributed by atoms with Crippen LogP contribution in [0.1, 0.15) is 33.3 Å². The van der Waals surface area contributed by atoms with Gasteiger partial charge in [0.2, 0.25) is 0 Å². The number of nitrogen functional groups attached to an aromatic ring is 1. The largest absolute Gasteiger partial charge is 0.444 e. The van der Waals surface area contributed by atoms with Crippen molar-refractivity contribution >= 4 is 17.5 Å². The minimum Gasteiger partial charge on any atom is -0.444 e. The highest BCUT2D eigenvalue weighted by atomic mass is 16.6. The van der Waals surface area contributed by atoms with Crippen molar-refractivity contribution < 1.29 is 14.6 Å². The van der Waals surface area contributed by atoms with E-state index in [1.54, 1.807) is 11.0 Å². The number of rotatable bonds is 2. The Morgan fingerprint density at radius 1 is 1.39 bits per heavy atom. The van der Waals surface area contributed by atoms with Crippen molar-refractivity contribution in [1.29, 1.82) is 0 Å². The van der Waals surface area contributed by atoms with E-state index in [0.717, 1.165) is 11.3 Å². The molecular formula is C17H27N3O3. The van der Waals surface area contributed by atoms with Crippen LogP contribution >= 0.6 is 0 Å². The van der Waals surface area contributed by atoms with E-state index in [-0.39, 0.29) is 18.7 Å². The van der Waals surface area contributed by atoms with Gasteiger partial charge in [-0.3, -0.25) is 0 Å². The van der Waals surface area contributed by atoms with Crippen LogP contribution in [0.5, 0.6) is 0 Å². The Bertz CT molecular complexity index is 569. The molecule has 1 unspecified atom stereocenters. The van der Waals surface area contributed by atoms with Crippen molar-refractivity contribution in [2.45, 2.75) is 45.9 Å². The molecule has 0 aromatic heterocycles. The summed E-state index contributed by atoms with van der Waals surface area (Å²) >= 11 is 0. The smallest absolute Gasteiger partial charge is 0.410 e. The van der Waals surface area contributed by atoms with Crippen molar-refractivity contribution in [3.63, 3.8) is 0 Å². The van der Waals surface area contributed by atoms with Crippen LogP contribution in [0.2, 0.25) is 0 Å². The van der Waals surface area contributed by atoms with E-state index >= 15 is 0 Å². The minimum atomic E-state index is -0.491. The fraction of sp³-hybridized carbons (Fsp3) is 0.588. The zero-order chi connectivity index (χ0) is 17.2. The highest BCUT2D eigenvalue weighted by Gasteiger charge is 2.31. The molecule has 1 aromatic rings. The molecule has 1 aromatic carbocycles. The van der Waals surface area contributed by atoms with Crippen molar-refractivity contribution in [1.82, 2.24) is 4.90 Å². The van der Waals surface area contributed by atoms with Crippen LogP contribution in [0.15, 0.2) is 18.2 Å². The summed E-state index contributed by atoms with van der Waals surface area (Å²) in [6.07, 6.45) is -0.274. The van der Waals surface area contributed by atoms with Crippen LogP contribution in [0.25, 0.3) is 0 Å². The van der Waals surface area contributed by atoms with E-state index in [1.807, 2.05) is 39.8 Å². The molecule has 1 heterocycles. The number of ether oxygens (including phenoxy) is 1. The molecule has 1 saturated heterocycles. The van der Waals surface area contributed by atoms with E-state index in [2.05, 4.69) is 4.90 Å².